The Hall–Kier alpha value is -2.08. The van der Waals surface area contributed by atoms with E-state index in [1.54, 1.807) is 6.08 Å². The van der Waals surface area contributed by atoms with E-state index in [0.717, 1.165) is 37.4 Å². The molecule has 0 unspecified atom stereocenters. The van der Waals surface area contributed by atoms with Crippen LogP contribution in [0.3, 0.4) is 0 Å². The van der Waals surface area contributed by atoms with Gasteiger partial charge in [-0.3, -0.25) is 4.79 Å². The van der Waals surface area contributed by atoms with Crippen molar-refractivity contribution < 1.29 is 19.1 Å². The standard InChI is InChI=1S/C17H24N2O4/c1-12-11-15(17(21)18-8-4-5-16(20)22-3)13(2)19(12)14-6-9-23-10-7-14/h4-5,11,14H,6-10H2,1-3H3,(H,18,21)/b5-4+. The van der Waals surface area contributed by atoms with E-state index in [1.807, 2.05) is 19.9 Å². The largest absolute Gasteiger partial charge is 0.466 e. The van der Waals surface area contributed by atoms with Crippen LogP contribution < -0.4 is 5.32 Å². The molecule has 6 heteroatoms. The van der Waals surface area contributed by atoms with Crippen molar-refractivity contribution in [3.8, 4) is 0 Å². The first kappa shape index (κ1) is 17.3. The topological polar surface area (TPSA) is 69.6 Å². The zero-order chi connectivity index (χ0) is 16.8. The van der Waals surface area contributed by atoms with Crippen LogP contribution >= 0.6 is 0 Å². The molecule has 1 aromatic heterocycles. The van der Waals surface area contributed by atoms with E-state index in [-0.39, 0.29) is 12.5 Å². The summed E-state index contributed by atoms with van der Waals surface area (Å²) in [6.07, 6.45) is 4.81. The van der Waals surface area contributed by atoms with Crippen molar-refractivity contribution in [1.82, 2.24) is 9.88 Å². The molecular weight excluding hydrogens is 296 g/mol. The highest BCUT2D eigenvalue weighted by atomic mass is 16.5. The molecule has 1 fully saturated rings. The summed E-state index contributed by atoms with van der Waals surface area (Å²) in [7, 11) is 1.32. The van der Waals surface area contributed by atoms with Gasteiger partial charge in [0.05, 0.1) is 12.7 Å². The van der Waals surface area contributed by atoms with Gasteiger partial charge in [-0.15, -0.1) is 0 Å². The van der Waals surface area contributed by atoms with Crippen molar-refractivity contribution in [1.29, 1.82) is 0 Å². The number of carbonyl (C=O) groups excluding carboxylic acids is 2. The van der Waals surface area contributed by atoms with Crippen LogP contribution in [0.4, 0.5) is 0 Å². The summed E-state index contributed by atoms with van der Waals surface area (Å²) < 4.78 is 12.1. The van der Waals surface area contributed by atoms with Crippen LogP contribution in [-0.2, 0) is 14.3 Å². The van der Waals surface area contributed by atoms with Gasteiger partial charge in [-0.05, 0) is 32.8 Å². The van der Waals surface area contributed by atoms with Gasteiger partial charge in [-0.2, -0.15) is 0 Å². The van der Waals surface area contributed by atoms with E-state index in [2.05, 4.69) is 14.6 Å². The third-order valence-corrected chi connectivity index (χ3v) is 4.12. The summed E-state index contributed by atoms with van der Waals surface area (Å²) >= 11 is 0. The second kappa shape index (κ2) is 7.97. The first-order valence-corrected chi connectivity index (χ1v) is 7.83. The van der Waals surface area contributed by atoms with E-state index in [1.165, 1.54) is 13.2 Å². The minimum atomic E-state index is -0.433. The summed E-state index contributed by atoms with van der Waals surface area (Å²) in [5.41, 5.74) is 2.74. The fourth-order valence-electron chi connectivity index (χ4n) is 2.98. The normalized spacial score (nSPS) is 15.8. The smallest absolute Gasteiger partial charge is 0.330 e. The summed E-state index contributed by atoms with van der Waals surface area (Å²) in [5, 5.41) is 2.79. The lowest BCUT2D eigenvalue weighted by atomic mass is 10.1. The van der Waals surface area contributed by atoms with Gasteiger partial charge in [0.15, 0.2) is 0 Å². The predicted molar refractivity (Wildman–Crippen MR) is 86.5 cm³/mol. The second-order valence-corrected chi connectivity index (χ2v) is 5.63. The highest BCUT2D eigenvalue weighted by molar-refractivity contribution is 5.95. The SMILES string of the molecule is COC(=O)/C=C/CNC(=O)c1cc(C)n(C2CCOCC2)c1C. The Morgan fingerprint density at radius 3 is 2.74 bits per heavy atom. The van der Waals surface area contributed by atoms with Crippen molar-refractivity contribution in [2.75, 3.05) is 26.9 Å². The van der Waals surface area contributed by atoms with Gasteiger partial charge in [0, 0.05) is 43.3 Å². The molecule has 2 heterocycles. The van der Waals surface area contributed by atoms with E-state index in [0.29, 0.717) is 11.6 Å². The van der Waals surface area contributed by atoms with Crippen LogP contribution in [0.15, 0.2) is 18.2 Å². The van der Waals surface area contributed by atoms with E-state index in [9.17, 15) is 9.59 Å². The second-order valence-electron chi connectivity index (χ2n) is 5.63. The molecule has 23 heavy (non-hydrogen) atoms. The van der Waals surface area contributed by atoms with Gasteiger partial charge in [-0.1, -0.05) is 6.08 Å². The molecule has 0 bridgehead atoms. The van der Waals surface area contributed by atoms with Crippen LogP contribution in [0, 0.1) is 13.8 Å². The molecule has 1 aliphatic rings. The quantitative estimate of drug-likeness (QED) is 0.665. The number of hydrogen-bond donors (Lipinski definition) is 1. The van der Waals surface area contributed by atoms with Crippen molar-refractivity contribution in [2.24, 2.45) is 0 Å². The van der Waals surface area contributed by atoms with Crippen LogP contribution in [0.2, 0.25) is 0 Å². The fourth-order valence-corrected chi connectivity index (χ4v) is 2.98. The van der Waals surface area contributed by atoms with E-state index < -0.39 is 5.97 Å². The number of esters is 1. The average Bonchev–Trinajstić information content (AvgIpc) is 2.86. The summed E-state index contributed by atoms with van der Waals surface area (Å²) in [5.74, 6) is -0.567. The Morgan fingerprint density at radius 1 is 1.39 bits per heavy atom. The van der Waals surface area contributed by atoms with Gasteiger partial charge in [0.1, 0.15) is 0 Å². The Bertz CT molecular complexity index is 598. The van der Waals surface area contributed by atoms with Gasteiger partial charge < -0.3 is 19.4 Å². The number of rotatable bonds is 5. The number of amides is 1. The monoisotopic (exact) mass is 320 g/mol. The summed E-state index contributed by atoms with van der Waals surface area (Å²) in [4.78, 5) is 23.3. The number of aryl methyl sites for hydroxylation is 1. The van der Waals surface area contributed by atoms with Crippen LogP contribution in [0.1, 0.15) is 40.6 Å². The molecule has 2 rings (SSSR count). The lowest BCUT2D eigenvalue weighted by Gasteiger charge is -2.26. The highest BCUT2D eigenvalue weighted by Gasteiger charge is 2.22. The Balaban J connectivity index is 2.03. The highest BCUT2D eigenvalue weighted by Crippen LogP contribution is 2.27. The third-order valence-electron chi connectivity index (χ3n) is 4.12. The number of nitrogens with one attached hydrogen (secondary N) is 1. The number of methoxy groups -OCH3 is 1. The van der Waals surface area contributed by atoms with Crippen molar-refractivity contribution >= 4 is 11.9 Å². The average molecular weight is 320 g/mol. The Kier molecular flexibility index (Phi) is 5.98. The molecule has 126 valence electrons. The lowest BCUT2D eigenvalue weighted by molar-refractivity contribution is -0.134. The Labute approximate surface area is 136 Å². The summed E-state index contributed by atoms with van der Waals surface area (Å²) in [6.45, 7) is 5.82. The molecular formula is C17H24N2O4. The number of hydrogen-bond acceptors (Lipinski definition) is 4. The molecule has 1 saturated heterocycles. The maximum absolute atomic E-state index is 12.3. The molecule has 6 nitrogen and oxygen atoms in total. The molecule has 0 saturated carbocycles. The molecule has 1 aromatic rings. The maximum atomic E-state index is 12.3. The molecule has 0 atom stereocenters. The Morgan fingerprint density at radius 2 is 2.09 bits per heavy atom. The number of nitrogens with zero attached hydrogens (tertiary/aromatic N) is 1. The number of ether oxygens (including phenoxy) is 2. The molecule has 0 aromatic carbocycles. The van der Waals surface area contributed by atoms with E-state index in [4.69, 9.17) is 4.74 Å². The molecule has 0 radical (unpaired) electrons. The van der Waals surface area contributed by atoms with Gasteiger partial charge >= 0.3 is 5.97 Å². The molecule has 1 aliphatic heterocycles. The zero-order valence-electron chi connectivity index (χ0n) is 13.9. The number of carbonyl (C=O) groups is 2. The first-order chi connectivity index (χ1) is 11.0. The minimum Gasteiger partial charge on any atom is -0.466 e. The maximum Gasteiger partial charge on any atom is 0.330 e. The fraction of sp³-hybridized carbons (Fsp3) is 0.529. The first-order valence-electron chi connectivity index (χ1n) is 7.83. The number of aromatic nitrogens is 1. The van der Waals surface area contributed by atoms with Crippen molar-refractivity contribution in [3.63, 3.8) is 0 Å². The minimum absolute atomic E-state index is 0.133. The van der Waals surface area contributed by atoms with E-state index >= 15 is 0 Å². The zero-order valence-corrected chi connectivity index (χ0v) is 13.9. The van der Waals surface area contributed by atoms with Gasteiger partial charge in [-0.25, -0.2) is 4.79 Å². The van der Waals surface area contributed by atoms with Crippen LogP contribution in [-0.4, -0.2) is 43.3 Å². The third kappa shape index (κ3) is 4.22. The summed E-state index contributed by atoms with van der Waals surface area (Å²) in [6, 6.07) is 2.31. The molecule has 0 aliphatic carbocycles. The molecule has 1 amide bonds. The van der Waals surface area contributed by atoms with Crippen molar-refractivity contribution in [3.05, 3.63) is 35.2 Å². The van der Waals surface area contributed by atoms with Gasteiger partial charge in [0.25, 0.3) is 5.91 Å². The van der Waals surface area contributed by atoms with Crippen LogP contribution in [0.5, 0.6) is 0 Å². The van der Waals surface area contributed by atoms with Gasteiger partial charge in [0.2, 0.25) is 0 Å². The molecule has 1 N–H and O–H groups in total. The molecule has 0 spiro atoms. The predicted octanol–water partition coefficient (Wildman–Crippen LogP) is 1.92. The lowest BCUT2D eigenvalue weighted by Crippen LogP contribution is -2.25. The van der Waals surface area contributed by atoms with Crippen LogP contribution in [0.25, 0.3) is 0 Å². The van der Waals surface area contributed by atoms with Crippen molar-refractivity contribution in [2.45, 2.75) is 32.7 Å².